The Labute approximate surface area is 241 Å². The number of benzene rings is 3. The lowest BCUT2D eigenvalue weighted by Gasteiger charge is -2.42. The van der Waals surface area contributed by atoms with Crippen LogP contribution >= 0.6 is 0 Å². The summed E-state index contributed by atoms with van der Waals surface area (Å²) in [5.74, 6) is 0.850. The Kier molecular flexibility index (Phi) is 7.43. The minimum absolute atomic E-state index is 0.0262. The molecule has 1 saturated heterocycles. The number of hydrogen-bond acceptors (Lipinski definition) is 5. The first-order chi connectivity index (χ1) is 19.9. The van der Waals surface area contributed by atoms with Crippen LogP contribution in [0.1, 0.15) is 56.8 Å². The maximum absolute atomic E-state index is 13.4. The number of aryl methyl sites for hydroxylation is 3. The highest BCUT2D eigenvalue weighted by Crippen LogP contribution is 2.36. The topological polar surface area (TPSA) is 84.4 Å². The SMILES string of the molecule is Cc1ccc([C@@H](NC(=O)Cc2ccc3oc(C(c4ccncc4C)N4CC(N)C4)cc3c2)c2ccccc2)c(C)c1. The molecule has 208 valence electrons. The summed E-state index contributed by atoms with van der Waals surface area (Å²) in [5.41, 5.74) is 14.7. The quantitative estimate of drug-likeness (QED) is 0.253. The van der Waals surface area contributed by atoms with Crippen LogP contribution in [0.15, 0.2) is 95.7 Å². The highest BCUT2D eigenvalue weighted by atomic mass is 16.3. The molecular weight excluding hydrogens is 508 g/mol. The second-order valence-electron chi connectivity index (χ2n) is 11.3. The average Bonchev–Trinajstić information content (AvgIpc) is 3.36. The Bertz CT molecular complexity index is 1690. The number of carbonyl (C=O) groups is 1. The molecule has 3 aromatic carbocycles. The molecule has 3 N–H and O–H groups in total. The van der Waals surface area contributed by atoms with Crippen molar-refractivity contribution in [2.24, 2.45) is 5.73 Å². The number of fused-ring (bicyclic) bond motifs is 1. The maximum Gasteiger partial charge on any atom is 0.225 e. The summed E-state index contributed by atoms with van der Waals surface area (Å²) in [5, 5.41) is 4.29. The minimum Gasteiger partial charge on any atom is -0.459 e. The number of nitrogens with zero attached hydrogens (tertiary/aromatic N) is 2. The highest BCUT2D eigenvalue weighted by molar-refractivity contribution is 5.83. The molecule has 6 nitrogen and oxygen atoms in total. The van der Waals surface area contributed by atoms with E-state index < -0.39 is 0 Å². The molecule has 41 heavy (non-hydrogen) atoms. The summed E-state index contributed by atoms with van der Waals surface area (Å²) in [6.45, 7) is 7.90. The largest absolute Gasteiger partial charge is 0.459 e. The van der Waals surface area contributed by atoms with Gasteiger partial charge in [0.25, 0.3) is 0 Å². The number of likely N-dealkylation sites (tertiary alicyclic amines) is 1. The van der Waals surface area contributed by atoms with Crippen LogP contribution < -0.4 is 11.1 Å². The molecule has 1 amide bonds. The molecule has 2 atom stereocenters. The fourth-order valence-corrected chi connectivity index (χ4v) is 5.97. The fraction of sp³-hybridized carbons (Fsp3) is 0.257. The lowest BCUT2D eigenvalue weighted by Crippen LogP contribution is -2.56. The van der Waals surface area contributed by atoms with Crippen molar-refractivity contribution in [3.05, 3.63) is 136 Å². The second kappa shape index (κ2) is 11.3. The third-order valence-corrected chi connectivity index (χ3v) is 8.07. The van der Waals surface area contributed by atoms with Gasteiger partial charge in [-0.1, -0.05) is 60.2 Å². The van der Waals surface area contributed by atoms with E-state index >= 15 is 0 Å². The third kappa shape index (κ3) is 5.67. The van der Waals surface area contributed by atoms with Crippen LogP contribution in [0.3, 0.4) is 0 Å². The van der Waals surface area contributed by atoms with E-state index in [2.05, 4.69) is 84.5 Å². The number of aromatic nitrogens is 1. The molecule has 0 spiro atoms. The van der Waals surface area contributed by atoms with Gasteiger partial charge in [-0.25, -0.2) is 0 Å². The predicted octanol–water partition coefficient (Wildman–Crippen LogP) is 5.93. The average molecular weight is 545 g/mol. The number of furan rings is 1. The molecule has 0 bridgehead atoms. The van der Waals surface area contributed by atoms with Crippen molar-refractivity contribution in [3.8, 4) is 0 Å². The standard InChI is InChI=1S/C35H36N4O2/c1-22-9-11-29(23(2)15-22)34(26-7-5-4-6-8-26)38-33(40)17-25-10-12-31-27(16-25)18-32(41-31)35(39-20-28(36)21-39)30-13-14-37-19-24(30)3/h4-16,18-19,28,34-35H,17,20-21,36H2,1-3H3,(H,38,40)/t34-,35?/m0/s1. The van der Waals surface area contributed by atoms with Gasteiger partial charge < -0.3 is 15.5 Å². The third-order valence-electron chi connectivity index (χ3n) is 8.07. The molecule has 6 rings (SSSR count). The van der Waals surface area contributed by atoms with E-state index in [1.54, 1.807) is 0 Å². The smallest absolute Gasteiger partial charge is 0.225 e. The maximum atomic E-state index is 13.4. The van der Waals surface area contributed by atoms with E-state index in [0.29, 0.717) is 0 Å². The number of pyridine rings is 1. The summed E-state index contributed by atoms with van der Waals surface area (Å²) >= 11 is 0. The number of nitrogens with one attached hydrogen (secondary N) is 1. The van der Waals surface area contributed by atoms with Crippen LogP contribution in [0.5, 0.6) is 0 Å². The van der Waals surface area contributed by atoms with Crippen molar-refractivity contribution in [1.82, 2.24) is 15.2 Å². The lowest BCUT2D eigenvalue weighted by atomic mass is 9.93. The van der Waals surface area contributed by atoms with Crippen molar-refractivity contribution in [3.63, 3.8) is 0 Å². The molecule has 0 aliphatic carbocycles. The van der Waals surface area contributed by atoms with Gasteiger partial charge in [0.1, 0.15) is 11.3 Å². The molecule has 1 fully saturated rings. The van der Waals surface area contributed by atoms with Gasteiger partial charge in [0.05, 0.1) is 18.5 Å². The van der Waals surface area contributed by atoms with Crippen LogP contribution in [0, 0.1) is 20.8 Å². The first-order valence-corrected chi connectivity index (χ1v) is 14.2. The number of hydrogen-bond donors (Lipinski definition) is 2. The van der Waals surface area contributed by atoms with E-state index in [1.807, 2.05) is 42.7 Å². The Morgan fingerprint density at radius 2 is 1.78 bits per heavy atom. The highest BCUT2D eigenvalue weighted by Gasteiger charge is 2.34. The Morgan fingerprint density at radius 1 is 0.976 bits per heavy atom. The van der Waals surface area contributed by atoms with Gasteiger partial charge in [-0.3, -0.25) is 14.7 Å². The summed E-state index contributed by atoms with van der Waals surface area (Å²) in [6, 6.07) is 26.6. The molecule has 1 aliphatic rings. The molecule has 1 unspecified atom stereocenters. The van der Waals surface area contributed by atoms with E-state index in [9.17, 15) is 4.79 Å². The Balaban J connectivity index is 1.25. The van der Waals surface area contributed by atoms with Gasteiger partial charge in [0.15, 0.2) is 0 Å². The number of amides is 1. The van der Waals surface area contributed by atoms with Gasteiger partial charge in [0, 0.05) is 36.9 Å². The molecule has 3 heterocycles. The van der Waals surface area contributed by atoms with Gasteiger partial charge in [-0.05, 0) is 78.4 Å². The van der Waals surface area contributed by atoms with Crippen molar-refractivity contribution in [2.75, 3.05) is 13.1 Å². The van der Waals surface area contributed by atoms with Crippen molar-refractivity contribution in [1.29, 1.82) is 0 Å². The first-order valence-electron chi connectivity index (χ1n) is 14.2. The van der Waals surface area contributed by atoms with Crippen molar-refractivity contribution in [2.45, 2.75) is 45.3 Å². The van der Waals surface area contributed by atoms with Crippen LogP contribution in [0.25, 0.3) is 11.0 Å². The molecule has 0 saturated carbocycles. The van der Waals surface area contributed by atoms with E-state index in [4.69, 9.17) is 10.2 Å². The molecule has 0 radical (unpaired) electrons. The number of carbonyl (C=O) groups excluding carboxylic acids is 1. The second-order valence-corrected chi connectivity index (χ2v) is 11.3. The molecular formula is C35H36N4O2. The summed E-state index contributed by atoms with van der Waals surface area (Å²) in [6.07, 6.45) is 4.00. The van der Waals surface area contributed by atoms with Crippen LogP contribution in [0.4, 0.5) is 0 Å². The summed E-state index contributed by atoms with van der Waals surface area (Å²) in [7, 11) is 0. The van der Waals surface area contributed by atoms with Crippen LogP contribution in [-0.2, 0) is 11.2 Å². The van der Waals surface area contributed by atoms with Crippen molar-refractivity contribution >= 4 is 16.9 Å². The zero-order valence-electron chi connectivity index (χ0n) is 23.8. The monoisotopic (exact) mass is 544 g/mol. The zero-order valence-corrected chi connectivity index (χ0v) is 23.8. The zero-order chi connectivity index (χ0) is 28.5. The molecule has 6 heteroatoms. The predicted molar refractivity (Wildman–Crippen MR) is 163 cm³/mol. The minimum atomic E-state index is -0.221. The molecule has 1 aliphatic heterocycles. The normalized spacial score (nSPS) is 15.4. The summed E-state index contributed by atoms with van der Waals surface area (Å²) < 4.78 is 6.39. The van der Waals surface area contributed by atoms with Gasteiger partial charge in [-0.2, -0.15) is 0 Å². The van der Waals surface area contributed by atoms with Crippen LogP contribution in [-0.4, -0.2) is 34.9 Å². The van der Waals surface area contributed by atoms with E-state index in [0.717, 1.165) is 57.6 Å². The lowest BCUT2D eigenvalue weighted by molar-refractivity contribution is -0.120. The summed E-state index contributed by atoms with van der Waals surface area (Å²) in [4.78, 5) is 20.0. The fourth-order valence-electron chi connectivity index (χ4n) is 5.97. The number of nitrogens with two attached hydrogens (primary N) is 1. The molecule has 2 aromatic heterocycles. The first kappa shape index (κ1) is 26.9. The van der Waals surface area contributed by atoms with Crippen LogP contribution in [0.2, 0.25) is 0 Å². The molecule has 5 aromatic rings. The van der Waals surface area contributed by atoms with E-state index in [1.165, 1.54) is 11.1 Å². The van der Waals surface area contributed by atoms with Gasteiger partial charge in [0.2, 0.25) is 5.91 Å². The Morgan fingerprint density at radius 3 is 2.51 bits per heavy atom. The van der Waals surface area contributed by atoms with E-state index in [-0.39, 0.29) is 30.5 Å². The van der Waals surface area contributed by atoms with Gasteiger partial charge >= 0.3 is 0 Å². The Hall–Kier alpha value is -4.26. The van der Waals surface area contributed by atoms with Gasteiger partial charge in [-0.15, -0.1) is 0 Å². The van der Waals surface area contributed by atoms with Crippen molar-refractivity contribution < 1.29 is 9.21 Å². The number of rotatable bonds is 8.